The summed E-state index contributed by atoms with van der Waals surface area (Å²) in [6, 6.07) is 8.82. The lowest BCUT2D eigenvalue weighted by atomic mass is 9.81. The zero-order valence-electron chi connectivity index (χ0n) is 11.7. The lowest BCUT2D eigenvalue weighted by Gasteiger charge is -2.44. The van der Waals surface area contributed by atoms with Gasteiger partial charge in [0, 0.05) is 25.2 Å². The van der Waals surface area contributed by atoms with Crippen LogP contribution in [0, 0.1) is 0 Å². The van der Waals surface area contributed by atoms with Crippen LogP contribution in [0.15, 0.2) is 24.3 Å². The van der Waals surface area contributed by atoms with Gasteiger partial charge < -0.3 is 4.90 Å². The van der Waals surface area contributed by atoms with Gasteiger partial charge in [0.1, 0.15) is 5.78 Å². The zero-order chi connectivity index (χ0) is 13.7. The fourth-order valence-electron chi connectivity index (χ4n) is 3.93. The van der Waals surface area contributed by atoms with Gasteiger partial charge in [-0.1, -0.05) is 18.2 Å². The van der Waals surface area contributed by atoms with E-state index in [0.717, 1.165) is 12.8 Å². The van der Waals surface area contributed by atoms with Crippen LogP contribution in [0.1, 0.15) is 30.7 Å². The van der Waals surface area contributed by atoms with Crippen LogP contribution in [0.4, 0.5) is 5.69 Å². The van der Waals surface area contributed by atoms with Gasteiger partial charge in [0.05, 0.1) is 10.00 Å². The molecule has 1 aromatic rings. The molecule has 1 aromatic carbocycles. The maximum atomic E-state index is 12.8. The molecule has 4 heteroatoms. The molecule has 0 aromatic heterocycles. The number of Topliss-reactive ketones (excluding diaryl/α,β-unsaturated/α-hetero) is 1. The van der Waals surface area contributed by atoms with Gasteiger partial charge in [0.25, 0.3) is 0 Å². The average molecular weight is 305 g/mol. The van der Waals surface area contributed by atoms with E-state index < -0.39 is 0 Å². The van der Waals surface area contributed by atoms with E-state index in [0.29, 0.717) is 11.8 Å². The van der Waals surface area contributed by atoms with Crippen LogP contribution < -0.4 is 4.90 Å². The first kappa shape index (κ1) is 13.1. The number of fused-ring (bicyclic) bond motifs is 3. The first-order valence-corrected chi connectivity index (χ1v) is 9.30. The summed E-state index contributed by atoms with van der Waals surface area (Å²) < 4.78 is 0.160. The monoisotopic (exact) mass is 305 g/mol. The van der Waals surface area contributed by atoms with Crippen molar-refractivity contribution < 1.29 is 4.79 Å². The number of hydrogen-bond donors (Lipinski definition) is 0. The third-order valence-corrected chi connectivity index (χ3v) is 8.23. The Morgan fingerprint density at radius 1 is 1.25 bits per heavy atom. The van der Waals surface area contributed by atoms with Crippen LogP contribution in [0.25, 0.3) is 0 Å². The minimum atomic E-state index is 0.116. The van der Waals surface area contributed by atoms with Gasteiger partial charge in [-0.05, 0) is 36.0 Å². The van der Waals surface area contributed by atoms with Crippen molar-refractivity contribution in [2.45, 2.75) is 35.3 Å². The van der Waals surface area contributed by atoms with Gasteiger partial charge in [-0.15, -0.1) is 23.5 Å². The molecule has 106 valence electrons. The molecular weight excluding hydrogens is 286 g/mol. The van der Waals surface area contributed by atoms with E-state index in [2.05, 4.69) is 36.2 Å². The van der Waals surface area contributed by atoms with Gasteiger partial charge in [0.2, 0.25) is 0 Å². The minimum absolute atomic E-state index is 0.116. The highest BCUT2D eigenvalue weighted by Gasteiger charge is 2.52. The average Bonchev–Trinajstić information content (AvgIpc) is 2.74. The number of rotatable bonds is 0. The Bertz CT molecular complexity index is 553. The molecule has 2 aliphatic heterocycles. The minimum Gasteiger partial charge on any atom is -0.370 e. The molecular formula is C16H19NOS2. The van der Waals surface area contributed by atoms with Crippen LogP contribution in [0.5, 0.6) is 0 Å². The van der Waals surface area contributed by atoms with E-state index in [9.17, 15) is 4.79 Å². The van der Waals surface area contributed by atoms with E-state index in [1.807, 2.05) is 23.5 Å². The molecule has 0 amide bonds. The second kappa shape index (κ2) is 4.70. The summed E-state index contributed by atoms with van der Waals surface area (Å²) in [6.45, 7) is 0. The number of thioether (sulfide) groups is 2. The topological polar surface area (TPSA) is 20.3 Å². The number of hydrogen-bond acceptors (Lipinski definition) is 4. The zero-order valence-corrected chi connectivity index (χ0v) is 13.3. The summed E-state index contributed by atoms with van der Waals surface area (Å²) in [5.74, 6) is 3.01. The highest BCUT2D eigenvalue weighted by atomic mass is 32.2. The quantitative estimate of drug-likeness (QED) is 0.730. The Balaban J connectivity index is 1.71. The molecule has 1 spiro atoms. The molecule has 1 aliphatic carbocycles. The van der Waals surface area contributed by atoms with Crippen LogP contribution in [-0.2, 0) is 4.79 Å². The van der Waals surface area contributed by atoms with Crippen LogP contribution >= 0.6 is 23.5 Å². The van der Waals surface area contributed by atoms with Gasteiger partial charge in [-0.3, -0.25) is 4.79 Å². The van der Waals surface area contributed by atoms with Crippen molar-refractivity contribution >= 4 is 35.0 Å². The van der Waals surface area contributed by atoms with Crippen molar-refractivity contribution in [3.05, 3.63) is 29.8 Å². The third-order valence-electron chi connectivity index (χ3n) is 4.86. The van der Waals surface area contributed by atoms with Gasteiger partial charge in [0.15, 0.2) is 0 Å². The maximum absolute atomic E-state index is 12.8. The largest absolute Gasteiger partial charge is 0.370 e. The molecule has 0 N–H and O–H groups in total. The Morgan fingerprint density at radius 2 is 2.00 bits per heavy atom. The summed E-state index contributed by atoms with van der Waals surface area (Å²) in [4.78, 5) is 15.2. The molecule has 0 radical (unpaired) electrons. The van der Waals surface area contributed by atoms with Gasteiger partial charge >= 0.3 is 0 Å². The summed E-state index contributed by atoms with van der Waals surface area (Å²) in [5, 5.41) is 0. The second-order valence-electron chi connectivity index (χ2n) is 6.02. The molecule has 2 fully saturated rings. The van der Waals surface area contributed by atoms with Crippen molar-refractivity contribution in [3.63, 3.8) is 0 Å². The fraction of sp³-hybridized carbons (Fsp3) is 0.562. The SMILES string of the molecule is CN1c2ccccc2C2C(=O)CC3(CC21)SCCCS3. The summed E-state index contributed by atoms with van der Waals surface area (Å²) in [6.07, 6.45) is 3.19. The molecule has 2 nitrogen and oxygen atoms in total. The number of benzene rings is 1. The molecule has 2 unspecified atom stereocenters. The van der Waals surface area contributed by atoms with E-state index in [-0.39, 0.29) is 10.00 Å². The van der Waals surface area contributed by atoms with Crippen molar-refractivity contribution in [1.29, 1.82) is 0 Å². The van der Waals surface area contributed by atoms with Crippen LogP contribution in [-0.4, -0.2) is 34.5 Å². The van der Waals surface area contributed by atoms with E-state index >= 15 is 0 Å². The number of anilines is 1. The van der Waals surface area contributed by atoms with E-state index in [1.165, 1.54) is 29.2 Å². The molecule has 3 aliphatic rings. The predicted molar refractivity (Wildman–Crippen MR) is 87.9 cm³/mol. The number of likely N-dealkylation sites (N-methyl/N-ethyl adjacent to an activating group) is 1. The molecule has 20 heavy (non-hydrogen) atoms. The lowest BCUT2D eigenvalue weighted by Crippen LogP contribution is -2.47. The van der Waals surface area contributed by atoms with Crippen molar-refractivity contribution in [2.75, 3.05) is 23.5 Å². The molecule has 1 saturated heterocycles. The van der Waals surface area contributed by atoms with E-state index in [1.54, 1.807) is 0 Å². The van der Waals surface area contributed by atoms with Gasteiger partial charge in [-0.2, -0.15) is 0 Å². The first-order valence-electron chi connectivity index (χ1n) is 7.33. The number of nitrogens with zero attached hydrogens (tertiary/aromatic N) is 1. The fourth-order valence-corrected chi connectivity index (χ4v) is 7.33. The van der Waals surface area contributed by atoms with Crippen LogP contribution in [0.3, 0.4) is 0 Å². The molecule has 0 bridgehead atoms. The van der Waals surface area contributed by atoms with Crippen molar-refractivity contribution in [2.24, 2.45) is 0 Å². The molecule has 1 saturated carbocycles. The second-order valence-corrected chi connectivity index (χ2v) is 9.24. The Hall–Kier alpha value is -0.610. The Morgan fingerprint density at radius 3 is 2.80 bits per heavy atom. The summed E-state index contributed by atoms with van der Waals surface area (Å²) in [5.41, 5.74) is 2.52. The number of para-hydroxylation sites is 1. The standard InChI is InChI=1S/C16H19NOS2/c1-17-12-6-3-2-5-11(12)15-13(17)9-16(10-14(15)18)19-7-4-8-20-16/h2-3,5-6,13,15H,4,7-10H2,1H3. The van der Waals surface area contributed by atoms with Gasteiger partial charge in [-0.25, -0.2) is 0 Å². The van der Waals surface area contributed by atoms with Crippen LogP contribution in [0.2, 0.25) is 0 Å². The molecule has 2 atom stereocenters. The highest BCUT2D eigenvalue weighted by molar-refractivity contribution is 8.18. The normalized spacial score (nSPS) is 31.2. The first-order chi connectivity index (χ1) is 9.70. The Labute approximate surface area is 128 Å². The highest BCUT2D eigenvalue weighted by Crippen LogP contribution is 2.56. The smallest absolute Gasteiger partial charge is 0.144 e. The summed E-state index contributed by atoms with van der Waals surface area (Å²) in [7, 11) is 2.16. The van der Waals surface area contributed by atoms with E-state index in [4.69, 9.17) is 0 Å². The number of ketones is 1. The number of carbonyl (C=O) groups excluding carboxylic acids is 1. The predicted octanol–water partition coefficient (Wildman–Crippen LogP) is 3.52. The lowest BCUT2D eigenvalue weighted by molar-refractivity contribution is -0.122. The van der Waals surface area contributed by atoms with Crippen molar-refractivity contribution in [3.8, 4) is 0 Å². The number of carbonyl (C=O) groups is 1. The Kier molecular flexibility index (Phi) is 3.08. The third kappa shape index (κ3) is 1.84. The maximum Gasteiger partial charge on any atom is 0.144 e. The molecule has 2 heterocycles. The summed E-state index contributed by atoms with van der Waals surface area (Å²) >= 11 is 4.07. The molecule has 4 rings (SSSR count). The van der Waals surface area contributed by atoms with Crippen molar-refractivity contribution in [1.82, 2.24) is 0 Å².